The normalized spacial score (nSPS) is 19.7. The summed E-state index contributed by atoms with van der Waals surface area (Å²) in [6.07, 6.45) is -4.06. The number of rotatable bonds is 5. The molecule has 1 aromatic heterocycles. The fourth-order valence-electron chi connectivity index (χ4n) is 4.20. The molecule has 0 radical (unpaired) electrons. The third kappa shape index (κ3) is 4.83. The lowest BCUT2D eigenvalue weighted by Crippen LogP contribution is -2.47. The van der Waals surface area contributed by atoms with Crippen LogP contribution in [-0.2, 0) is 28.3 Å². The molecule has 1 unspecified atom stereocenters. The van der Waals surface area contributed by atoms with Crippen LogP contribution in [0.25, 0.3) is 0 Å². The van der Waals surface area contributed by atoms with Gasteiger partial charge in [-0.05, 0) is 43.2 Å². The summed E-state index contributed by atoms with van der Waals surface area (Å²) in [4.78, 5) is 23.4. The van der Waals surface area contributed by atoms with E-state index in [4.69, 9.17) is 32.8 Å². The minimum Gasteiger partial charge on any atom is -0.382 e. The number of oxime groups is 1. The number of hydrogen-bond donors (Lipinski definition) is 1. The topological polar surface area (TPSA) is 76.0 Å². The first-order valence-electron chi connectivity index (χ1n) is 10.8. The predicted molar refractivity (Wildman–Crippen MR) is 124 cm³/mol. The van der Waals surface area contributed by atoms with E-state index in [2.05, 4.69) is 15.5 Å². The molecule has 2 aromatic rings. The highest BCUT2D eigenvalue weighted by atomic mass is 35.5. The van der Waals surface area contributed by atoms with E-state index in [0.717, 1.165) is 23.3 Å². The third-order valence-corrected chi connectivity index (χ3v) is 6.53. The summed E-state index contributed by atoms with van der Waals surface area (Å²) in [5.41, 5.74) is -2.33. The zero-order chi connectivity index (χ0) is 26.5. The first-order valence-corrected chi connectivity index (χ1v) is 11.5. The summed E-state index contributed by atoms with van der Waals surface area (Å²) in [5, 5.41) is 5.45. The number of halogens is 6. The maximum Gasteiger partial charge on any atom is 0.435 e. The van der Waals surface area contributed by atoms with Crippen molar-refractivity contribution in [2.24, 2.45) is 5.16 Å². The number of amides is 1. The first kappa shape index (κ1) is 26.4. The van der Waals surface area contributed by atoms with E-state index in [1.54, 1.807) is 24.8 Å². The van der Waals surface area contributed by atoms with Crippen LogP contribution in [0.5, 0.6) is 0 Å². The summed E-state index contributed by atoms with van der Waals surface area (Å²) in [7, 11) is 1.53. The number of nitrogens with one attached hydrogen (secondary N) is 1. The number of carbonyl (C=O) groups excluding carboxylic acids is 1. The van der Waals surface area contributed by atoms with E-state index in [1.165, 1.54) is 13.3 Å². The Labute approximate surface area is 214 Å². The van der Waals surface area contributed by atoms with Crippen molar-refractivity contribution in [1.29, 1.82) is 0 Å². The van der Waals surface area contributed by atoms with Gasteiger partial charge >= 0.3 is 6.18 Å². The quantitative estimate of drug-likeness (QED) is 0.411. The van der Waals surface area contributed by atoms with Gasteiger partial charge in [0.1, 0.15) is 11.5 Å². The number of alkyl halides is 3. The van der Waals surface area contributed by atoms with Gasteiger partial charge in [0.15, 0.2) is 5.82 Å². The van der Waals surface area contributed by atoms with E-state index in [9.17, 15) is 22.4 Å². The number of nitrogens with zero attached hydrogens (tertiary/aromatic N) is 3. The van der Waals surface area contributed by atoms with Gasteiger partial charge in [-0.2, -0.15) is 13.2 Å². The Kier molecular flexibility index (Phi) is 6.87. The number of hydrogen-bond acceptors (Lipinski definition) is 6. The minimum absolute atomic E-state index is 0.0346. The summed E-state index contributed by atoms with van der Waals surface area (Å²) < 4.78 is 61.7. The molecule has 0 saturated heterocycles. The number of ether oxygens (including phenoxy) is 1. The molecule has 194 valence electrons. The Hall–Kier alpha value is -2.63. The molecule has 2 aliphatic heterocycles. The van der Waals surface area contributed by atoms with Crippen molar-refractivity contribution in [1.82, 2.24) is 15.2 Å². The van der Waals surface area contributed by atoms with Gasteiger partial charge in [0.25, 0.3) is 11.5 Å². The second-order valence-electron chi connectivity index (χ2n) is 9.32. The van der Waals surface area contributed by atoms with Gasteiger partial charge in [-0.25, -0.2) is 4.39 Å². The van der Waals surface area contributed by atoms with E-state index >= 15 is 0 Å². The zero-order valence-corrected chi connectivity index (χ0v) is 21.0. The Morgan fingerprint density at radius 1 is 1.19 bits per heavy atom. The number of pyridine rings is 1. The molecule has 0 saturated carbocycles. The van der Waals surface area contributed by atoms with E-state index in [-0.39, 0.29) is 24.6 Å². The van der Waals surface area contributed by atoms with E-state index in [1.807, 2.05) is 0 Å². The lowest BCUT2D eigenvalue weighted by Gasteiger charge is -2.30. The maximum atomic E-state index is 14.3. The molecule has 4 rings (SSSR count). The van der Waals surface area contributed by atoms with Crippen LogP contribution in [0.15, 0.2) is 29.6 Å². The molecule has 0 fully saturated rings. The van der Waals surface area contributed by atoms with Crippen molar-refractivity contribution in [3.63, 3.8) is 0 Å². The van der Waals surface area contributed by atoms with Gasteiger partial charge in [-0.15, -0.1) is 0 Å². The Bertz CT molecular complexity index is 1220. The smallest absolute Gasteiger partial charge is 0.382 e. The van der Waals surface area contributed by atoms with Crippen LogP contribution < -0.4 is 5.32 Å². The number of fused-ring (bicyclic) bond motifs is 1. The molecular formula is C23H22Cl2F4N4O3. The van der Waals surface area contributed by atoms with Gasteiger partial charge < -0.3 is 19.8 Å². The van der Waals surface area contributed by atoms with Crippen LogP contribution in [0.1, 0.15) is 47.4 Å². The number of aromatic nitrogens is 1. The highest BCUT2D eigenvalue weighted by Crippen LogP contribution is 2.50. The summed E-state index contributed by atoms with van der Waals surface area (Å²) >= 11 is 11.5. The van der Waals surface area contributed by atoms with Crippen LogP contribution in [0.3, 0.4) is 0 Å². The van der Waals surface area contributed by atoms with E-state index < -0.39 is 51.1 Å². The molecule has 0 bridgehead atoms. The Balaban J connectivity index is 1.54. The largest absolute Gasteiger partial charge is 0.435 e. The lowest BCUT2D eigenvalue weighted by atomic mass is 9.89. The van der Waals surface area contributed by atoms with Crippen LogP contribution in [0, 0.1) is 5.82 Å². The average Bonchev–Trinajstić information content (AvgIpc) is 3.41. The molecule has 0 spiro atoms. The molecule has 1 atom stereocenters. The number of benzene rings is 1. The second kappa shape index (κ2) is 9.35. The monoisotopic (exact) mass is 548 g/mol. The predicted octanol–water partition coefficient (Wildman–Crippen LogP) is 5.19. The first-order chi connectivity index (χ1) is 16.8. The van der Waals surface area contributed by atoms with Crippen LogP contribution in [0.4, 0.5) is 17.6 Å². The lowest BCUT2D eigenvalue weighted by molar-refractivity contribution is -0.275. The molecule has 2 aliphatic rings. The van der Waals surface area contributed by atoms with Crippen molar-refractivity contribution < 1.29 is 31.9 Å². The van der Waals surface area contributed by atoms with Crippen molar-refractivity contribution in [2.75, 3.05) is 13.7 Å². The van der Waals surface area contributed by atoms with Crippen LogP contribution in [-0.4, -0.2) is 47.1 Å². The zero-order valence-electron chi connectivity index (χ0n) is 19.5. The second-order valence-corrected chi connectivity index (χ2v) is 10.1. The van der Waals surface area contributed by atoms with Crippen molar-refractivity contribution >= 4 is 34.9 Å². The molecule has 3 heterocycles. The Morgan fingerprint density at radius 3 is 2.44 bits per heavy atom. The van der Waals surface area contributed by atoms with Crippen molar-refractivity contribution in [3.8, 4) is 0 Å². The molecule has 13 heteroatoms. The maximum absolute atomic E-state index is 14.3. The molecular weight excluding hydrogens is 527 g/mol. The molecule has 0 aliphatic carbocycles. The number of carbonyl (C=O) groups is 1. The van der Waals surface area contributed by atoms with Crippen LogP contribution in [0.2, 0.25) is 10.0 Å². The molecule has 1 N–H and O–H groups in total. The number of methoxy groups -OCH3 is 1. The molecule has 1 amide bonds. The fourth-order valence-corrected chi connectivity index (χ4v) is 4.69. The van der Waals surface area contributed by atoms with Gasteiger partial charge in [0, 0.05) is 32.0 Å². The van der Waals surface area contributed by atoms with Gasteiger partial charge in [0.05, 0.1) is 28.6 Å². The SMILES string of the molecule is COCC(C)(C)NC(=O)c1cc2c(cn1)CN(C1=NOC(c3cc(Cl)c(F)c(Cl)c3)(C(F)(F)F)C1)C2. The standard InChI is InChI=1S/C23H22Cl2F4N4O3/c1-21(2,11-35-3)31-20(34)17-4-12-9-33(10-13(12)8-30-17)18-7-22(36-32-18,23(27,28)29)14-5-15(24)19(26)16(25)6-14/h4-6,8H,7,9-11H2,1-3H3,(H,31,34). The molecule has 36 heavy (non-hydrogen) atoms. The average molecular weight is 549 g/mol. The Morgan fingerprint density at radius 2 is 1.83 bits per heavy atom. The van der Waals surface area contributed by atoms with Crippen LogP contribution >= 0.6 is 23.2 Å². The summed E-state index contributed by atoms with van der Waals surface area (Å²) in [6.45, 7) is 4.32. The fraction of sp³-hybridized carbons (Fsp3) is 0.435. The van der Waals surface area contributed by atoms with Gasteiger partial charge in [-0.1, -0.05) is 28.4 Å². The summed E-state index contributed by atoms with van der Waals surface area (Å²) in [5.74, 6) is -1.39. The van der Waals surface area contributed by atoms with Crippen molar-refractivity contribution in [3.05, 3.63) is 62.6 Å². The summed E-state index contributed by atoms with van der Waals surface area (Å²) in [6, 6.07) is 3.28. The highest BCUT2D eigenvalue weighted by molar-refractivity contribution is 6.35. The van der Waals surface area contributed by atoms with E-state index in [0.29, 0.717) is 6.61 Å². The number of amidine groups is 1. The third-order valence-electron chi connectivity index (χ3n) is 5.98. The highest BCUT2D eigenvalue weighted by Gasteiger charge is 2.63. The molecule has 1 aromatic carbocycles. The molecule has 7 nitrogen and oxygen atoms in total. The van der Waals surface area contributed by atoms with Gasteiger partial charge in [-0.3, -0.25) is 9.78 Å². The van der Waals surface area contributed by atoms with Crippen molar-refractivity contribution in [2.45, 2.75) is 50.7 Å². The minimum atomic E-state index is -4.91. The van der Waals surface area contributed by atoms with Gasteiger partial charge in [0.2, 0.25) is 0 Å².